The molecule has 3 nitrogen and oxygen atoms in total. The molecule has 0 aliphatic rings. The molecule has 2 aromatic rings. The Balaban J connectivity index is 1.96. The smallest absolute Gasteiger partial charge is 0.303 e. The van der Waals surface area contributed by atoms with Gasteiger partial charge < -0.3 is 9.84 Å². The summed E-state index contributed by atoms with van der Waals surface area (Å²) < 4.78 is 5.74. The topological polar surface area (TPSA) is 46.5 Å². The summed E-state index contributed by atoms with van der Waals surface area (Å²) in [4.78, 5) is 10.6. The molecule has 2 aromatic carbocycles. The molecule has 3 heteroatoms. The van der Waals surface area contributed by atoms with Crippen molar-refractivity contribution >= 4 is 5.97 Å². The second kappa shape index (κ2) is 6.75. The monoisotopic (exact) mass is 270 g/mol. The molecule has 104 valence electrons. The van der Waals surface area contributed by atoms with Crippen LogP contribution in [0.25, 0.3) is 0 Å². The zero-order valence-electron chi connectivity index (χ0n) is 11.5. The van der Waals surface area contributed by atoms with Crippen LogP contribution >= 0.6 is 0 Å². The first-order valence-corrected chi connectivity index (χ1v) is 6.63. The summed E-state index contributed by atoms with van der Waals surface area (Å²) >= 11 is 0. The number of carboxylic acid groups (broad SMARTS) is 1. The number of carbonyl (C=O) groups is 1. The highest BCUT2D eigenvalue weighted by Crippen LogP contribution is 2.19. The average molecular weight is 270 g/mol. The van der Waals surface area contributed by atoms with Crippen molar-refractivity contribution in [2.24, 2.45) is 0 Å². The first-order valence-electron chi connectivity index (χ1n) is 6.63. The van der Waals surface area contributed by atoms with Crippen LogP contribution in [0.5, 0.6) is 5.75 Å². The van der Waals surface area contributed by atoms with Gasteiger partial charge >= 0.3 is 5.97 Å². The van der Waals surface area contributed by atoms with Gasteiger partial charge in [-0.3, -0.25) is 4.79 Å². The van der Waals surface area contributed by atoms with Crippen molar-refractivity contribution in [2.75, 3.05) is 0 Å². The molecule has 0 saturated carbocycles. The molecule has 2 rings (SSSR count). The van der Waals surface area contributed by atoms with E-state index in [-0.39, 0.29) is 6.42 Å². The molecule has 0 spiro atoms. The van der Waals surface area contributed by atoms with Crippen molar-refractivity contribution in [2.45, 2.75) is 26.4 Å². The van der Waals surface area contributed by atoms with Crippen LogP contribution in [0.4, 0.5) is 0 Å². The summed E-state index contributed by atoms with van der Waals surface area (Å²) in [5.74, 6) is 0.0410. The van der Waals surface area contributed by atoms with Crippen molar-refractivity contribution in [1.82, 2.24) is 0 Å². The lowest BCUT2D eigenvalue weighted by Gasteiger charge is -2.10. The molecule has 1 N–H and O–H groups in total. The minimum Gasteiger partial charge on any atom is -0.489 e. The van der Waals surface area contributed by atoms with E-state index in [1.807, 2.05) is 55.5 Å². The van der Waals surface area contributed by atoms with Crippen LogP contribution < -0.4 is 4.74 Å². The Labute approximate surface area is 118 Å². The SMILES string of the molecule is Cc1cc(OCc2ccccc2)ccc1CCC(=O)O. The number of aliphatic carboxylic acids is 1. The maximum atomic E-state index is 10.6. The van der Waals surface area contributed by atoms with E-state index in [0.29, 0.717) is 13.0 Å². The van der Waals surface area contributed by atoms with Crippen LogP contribution in [0.3, 0.4) is 0 Å². The van der Waals surface area contributed by atoms with Crippen molar-refractivity contribution in [3.63, 3.8) is 0 Å². The van der Waals surface area contributed by atoms with Gasteiger partial charge in [0.15, 0.2) is 0 Å². The van der Waals surface area contributed by atoms with Gasteiger partial charge in [-0.2, -0.15) is 0 Å². The van der Waals surface area contributed by atoms with E-state index in [9.17, 15) is 4.79 Å². The van der Waals surface area contributed by atoms with Gasteiger partial charge in [0, 0.05) is 6.42 Å². The molecule has 0 radical (unpaired) electrons. The maximum absolute atomic E-state index is 10.6. The molecule has 20 heavy (non-hydrogen) atoms. The second-order valence-corrected chi connectivity index (χ2v) is 4.76. The van der Waals surface area contributed by atoms with Gasteiger partial charge in [-0.25, -0.2) is 0 Å². The summed E-state index contributed by atoms with van der Waals surface area (Å²) in [6.07, 6.45) is 0.713. The van der Waals surface area contributed by atoms with Gasteiger partial charge in [0.25, 0.3) is 0 Å². The van der Waals surface area contributed by atoms with E-state index >= 15 is 0 Å². The third-order valence-corrected chi connectivity index (χ3v) is 3.17. The average Bonchev–Trinajstić information content (AvgIpc) is 2.45. The summed E-state index contributed by atoms with van der Waals surface area (Å²) in [6.45, 7) is 2.52. The first-order chi connectivity index (χ1) is 9.65. The molecule has 0 saturated heterocycles. The minimum absolute atomic E-state index is 0.158. The Hall–Kier alpha value is -2.29. The molecular weight excluding hydrogens is 252 g/mol. The Kier molecular flexibility index (Phi) is 4.77. The standard InChI is InChI=1S/C17H18O3/c1-13-11-16(9-7-15(13)8-10-17(18)19)20-12-14-5-3-2-4-6-14/h2-7,9,11H,8,10,12H2,1H3,(H,18,19). The van der Waals surface area contributed by atoms with Crippen molar-refractivity contribution in [3.05, 3.63) is 65.2 Å². The van der Waals surface area contributed by atoms with Crippen LogP contribution in [0, 0.1) is 6.92 Å². The fraction of sp³-hybridized carbons (Fsp3) is 0.235. The van der Waals surface area contributed by atoms with Crippen LogP contribution in [0.15, 0.2) is 48.5 Å². The Morgan fingerprint density at radius 1 is 1.15 bits per heavy atom. The van der Waals surface area contributed by atoms with E-state index in [2.05, 4.69) is 0 Å². The van der Waals surface area contributed by atoms with Crippen LogP contribution in [0.2, 0.25) is 0 Å². The number of hydrogen-bond acceptors (Lipinski definition) is 2. The lowest BCUT2D eigenvalue weighted by atomic mass is 10.0. The summed E-state index contributed by atoms with van der Waals surface area (Å²) in [5, 5.41) is 8.71. The highest BCUT2D eigenvalue weighted by molar-refractivity contribution is 5.67. The lowest BCUT2D eigenvalue weighted by Crippen LogP contribution is -2.00. The van der Waals surface area contributed by atoms with E-state index in [1.54, 1.807) is 0 Å². The number of carboxylic acids is 1. The highest BCUT2D eigenvalue weighted by atomic mass is 16.5. The van der Waals surface area contributed by atoms with E-state index in [0.717, 1.165) is 22.4 Å². The van der Waals surface area contributed by atoms with Gasteiger partial charge in [-0.15, -0.1) is 0 Å². The van der Waals surface area contributed by atoms with E-state index in [4.69, 9.17) is 9.84 Å². The Morgan fingerprint density at radius 2 is 1.90 bits per heavy atom. The molecule has 0 aliphatic heterocycles. The first kappa shape index (κ1) is 14.1. The summed E-state index contributed by atoms with van der Waals surface area (Å²) in [5.41, 5.74) is 3.25. The number of rotatable bonds is 6. The molecule has 0 unspecified atom stereocenters. The quantitative estimate of drug-likeness (QED) is 0.872. The molecule has 0 aliphatic carbocycles. The van der Waals surface area contributed by atoms with Gasteiger partial charge in [-0.1, -0.05) is 36.4 Å². The zero-order chi connectivity index (χ0) is 14.4. The molecule has 0 fully saturated rings. The van der Waals surface area contributed by atoms with Crippen molar-refractivity contribution in [1.29, 1.82) is 0 Å². The van der Waals surface area contributed by atoms with Gasteiger partial charge in [0.2, 0.25) is 0 Å². The largest absolute Gasteiger partial charge is 0.489 e. The van der Waals surface area contributed by atoms with Gasteiger partial charge in [0.05, 0.1) is 0 Å². The van der Waals surface area contributed by atoms with Gasteiger partial charge in [0.1, 0.15) is 12.4 Å². The van der Waals surface area contributed by atoms with Gasteiger partial charge in [-0.05, 0) is 42.2 Å². The lowest BCUT2D eigenvalue weighted by molar-refractivity contribution is -0.136. The van der Waals surface area contributed by atoms with E-state index in [1.165, 1.54) is 0 Å². The molecule has 0 bridgehead atoms. The summed E-state index contributed by atoms with van der Waals surface area (Å²) in [7, 11) is 0. The Bertz CT molecular complexity index is 576. The minimum atomic E-state index is -0.770. The maximum Gasteiger partial charge on any atom is 0.303 e. The number of aryl methyl sites for hydroxylation is 2. The fourth-order valence-corrected chi connectivity index (χ4v) is 2.02. The van der Waals surface area contributed by atoms with Crippen LogP contribution in [0.1, 0.15) is 23.1 Å². The predicted molar refractivity (Wildman–Crippen MR) is 77.9 cm³/mol. The normalized spacial score (nSPS) is 10.2. The Morgan fingerprint density at radius 3 is 2.55 bits per heavy atom. The molecule has 0 atom stereocenters. The highest BCUT2D eigenvalue weighted by Gasteiger charge is 2.04. The fourth-order valence-electron chi connectivity index (χ4n) is 2.02. The molecule has 0 amide bonds. The molecular formula is C17H18O3. The van der Waals surface area contributed by atoms with Crippen molar-refractivity contribution in [3.8, 4) is 5.75 Å². The number of hydrogen-bond donors (Lipinski definition) is 1. The number of benzene rings is 2. The second-order valence-electron chi connectivity index (χ2n) is 4.76. The third kappa shape index (κ3) is 4.12. The molecule has 0 aromatic heterocycles. The summed E-state index contributed by atoms with van der Waals surface area (Å²) in [6, 6.07) is 15.8. The van der Waals surface area contributed by atoms with E-state index < -0.39 is 5.97 Å². The predicted octanol–water partition coefficient (Wildman–Crippen LogP) is 3.59. The third-order valence-electron chi connectivity index (χ3n) is 3.17. The van der Waals surface area contributed by atoms with Crippen LogP contribution in [-0.2, 0) is 17.8 Å². The zero-order valence-corrected chi connectivity index (χ0v) is 11.5. The molecule has 0 heterocycles. The van der Waals surface area contributed by atoms with Crippen LogP contribution in [-0.4, -0.2) is 11.1 Å². The number of ether oxygens (including phenoxy) is 1. The van der Waals surface area contributed by atoms with Crippen molar-refractivity contribution < 1.29 is 14.6 Å².